The van der Waals surface area contributed by atoms with Crippen LogP contribution in [0.3, 0.4) is 0 Å². The first-order chi connectivity index (χ1) is 6.92. The van der Waals surface area contributed by atoms with Gasteiger partial charge in [-0.2, -0.15) is 0 Å². The highest BCUT2D eigenvalue weighted by Gasteiger charge is 2.34. The van der Waals surface area contributed by atoms with Crippen LogP contribution in [-0.2, 0) is 11.0 Å². The summed E-state index contributed by atoms with van der Waals surface area (Å²) < 4.78 is 0. The lowest BCUT2D eigenvalue weighted by Crippen LogP contribution is -2.43. The van der Waals surface area contributed by atoms with Crippen molar-refractivity contribution >= 4 is 0 Å². The highest BCUT2D eigenvalue weighted by atomic mass is 14.8. The van der Waals surface area contributed by atoms with Crippen molar-refractivity contribution < 1.29 is 0 Å². The van der Waals surface area contributed by atoms with E-state index in [2.05, 4.69) is 45.0 Å². The van der Waals surface area contributed by atoms with Crippen molar-refractivity contribution in [3.8, 4) is 0 Å². The van der Waals surface area contributed by atoms with Gasteiger partial charge in [-0.15, -0.1) is 0 Å². The third kappa shape index (κ3) is 1.93. The molecule has 0 unspecified atom stereocenters. The molecule has 0 saturated heterocycles. The maximum atomic E-state index is 6.34. The van der Waals surface area contributed by atoms with Crippen molar-refractivity contribution in [2.24, 2.45) is 5.73 Å². The van der Waals surface area contributed by atoms with Gasteiger partial charge in [0.25, 0.3) is 0 Å². The molecule has 1 aliphatic carbocycles. The van der Waals surface area contributed by atoms with Gasteiger partial charge in [-0.25, -0.2) is 0 Å². The van der Waals surface area contributed by atoms with Gasteiger partial charge < -0.3 is 5.73 Å². The third-order valence-corrected chi connectivity index (χ3v) is 3.55. The molecule has 1 nitrogen and oxygen atoms in total. The van der Waals surface area contributed by atoms with E-state index in [1.54, 1.807) is 0 Å². The Hall–Kier alpha value is -0.820. The van der Waals surface area contributed by atoms with Gasteiger partial charge in [0.15, 0.2) is 0 Å². The topological polar surface area (TPSA) is 26.0 Å². The van der Waals surface area contributed by atoms with Gasteiger partial charge in [-0.1, -0.05) is 45.0 Å². The molecule has 0 atom stereocenters. The van der Waals surface area contributed by atoms with Crippen molar-refractivity contribution in [3.05, 3.63) is 35.4 Å². The van der Waals surface area contributed by atoms with Crippen LogP contribution in [0.5, 0.6) is 0 Å². The summed E-state index contributed by atoms with van der Waals surface area (Å²) in [6, 6.07) is 8.81. The zero-order valence-electron chi connectivity index (χ0n) is 10.0. The molecule has 2 N–H and O–H groups in total. The maximum Gasteiger partial charge on any atom is 0.0409 e. The molecular weight excluding hydrogens is 182 g/mol. The average molecular weight is 203 g/mol. The van der Waals surface area contributed by atoms with Crippen LogP contribution < -0.4 is 5.73 Å². The molecule has 0 aromatic heterocycles. The normalized spacial score (nSPS) is 19.7. The standard InChI is InChI=1S/C14H21N/c1-13(2,3)11-6-4-7-12(10-11)14(15)8-5-9-14/h4,6-7,10H,5,8-9,15H2,1-3H3. The summed E-state index contributed by atoms with van der Waals surface area (Å²) in [4.78, 5) is 0. The Kier molecular flexibility index (Phi) is 2.38. The van der Waals surface area contributed by atoms with Gasteiger partial charge >= 0.3 is 0 Å². The molecule has 1 aromatic carbocycles. The molecule has 2 rings (SSSR count). The van der Waals surface area contributed by atoms with E-state index in [0.29, 0.717) is 0 Å². The van der Waals surface area contributed by atoms with Crippen LogP contribution in [0.15, 0.2) is 24.3 Å². The Bertz CT molecular complexity index is 356. The molecule has 15 heavy (non-hydrogen) atoms. The van der Waals surface area contributed by atoms with E-state index in [1.807, 2.05) is 0 Å². The van der Waals surface area contributed by atoms with Gasteiger partial charge in [0, 0.05) is 5.54 Å². The zero-order valence-corrected chi connectivity index (χ0v) is 10.0. The first-order valence-electron chi connectivity index (χ1n) is 5.82. The number of hydrogen-bond acceptors (Lipinski definition) is 1. The van der Waals surface area contributed by atoms with Crippen molar-refractivity contribution in [1.29, 1.82) is 0 Å². The molecule has 1 aromatic rings. The predicted molar refractivity (Wildman–Crippen MR) is 64.9 cm³/mol. The summed E-state index contributed by atoms with van der Waals surface area (Å²) in [6.07, 6.45) is 3.55. The Morgan fingerprint density at radius 1 is 1.20 bits per heavy atom. The van der Waals surface area contributed by atoms with Crippen LogP contribution in [-0.4, -0.2) is 0 Å². The smallest absolute Gasteiger partial charge is 0.0409 e. The second kappa shape index (κ2) is 3.34. The van der Waals surface area contributed by atoms with Gasteiger partial charge in [0.2, 0.25) is 0 Å². The molecule has 0 radical (unpaired) electrons. The summed E-state index contributed by atoms with van der Waals surface area (Å²) in [5, 5.41) is 0. The fraction of sp³-hybridized carbons (Fsp3) is 0.571. The van der Waals surface area contributed by atoms with Gasteiger partial charge in [-0.05, 0) is 35.8 Å². The Morgan fingerprint density at radius 2 is 1.87 bits per heavy atom. The first kappa shape index (κ1) is 10.7. The molecule has 0 aliphatic heterocycles. The highest BCUT2D eigenvalue weighted by molar-refractivity contribution is 5.34. The third-order valence-electron chi connectivity index (χ3n) is 3.55. The summed E-state index contributed by atoms with van der Waals surface area (Å²) in [5.74, 6) is 0. The van der Waals surface area contributed by atoms with Crippen molar-refractivity contribution in [3.63, 3.8) is 0 Å². The molecule has 0 heterocycles. The maximum absolute atomic E-state index is 6.34. The molecule has 1 heteroatoms. The minimum Gasteiger partial charge on any atom is -0.321 e. The largest absolute Gasteiger partial charge is 0.321 e. The monoisotopic (exact) mass is 203 g/mol. The van der Waals surface area contributed by atoms with E-state index in [1.165, 1.54) is 17.5 Å². The second-order valence-corrected chi connectivity index (χ2v) is 5.84. The van der Waals surface area contributed by atoms with Gasteiger partial charge in [0.05, 0.1) is 0 Å². The molecule has 1 aliphatic rings. The quantitative estimate of drug-likeness (QED) is 0.744. The Balaban J connectivity index is 2.35. The van der Waals surface area contributed by atoms with E-state index in [0.717, 1.165) is 12.8 Å². The van der Waals surface area contributed by atoms with Crippen LogP contribution in [0.1, 0.15) is 51.2 Å². The summed E-state index contributed by atoms with van der Waals surface area (Å²) >= 11 is 0. The van der Waals surface area contributed by atoms with E-state index in [9.17, 15) is 0 Å². The summed E-state index contributed by atoms with van der Waals surface area (Å²) in [5.41, 5.74) is 9.23. The number of nitrogens with two attached hydrogens (primary N) is 1. The fourth-order valence-corrected chi connectivity index (χ4v) is 2.14. The summed E-state index contributed by atoms with van der Waals surface area (Å²) in [7, 11) is 0. The summed E-state index contributed by atoms with van der Waals surface area (Å²) in [6.45, 7) is 6.74. The van der Waals surface area contributed by atoms with E-state index in [-0.39, 0.29) is 11.0 Å². The van der Waals surface area contributed by atoms with Crippen LogP contribution in [0.25, 0.3) is 0 Å². The molecule has 1 saturated carbocycles. The first-order valence-corrected chi connectivity index (χ1v) is 5.82. The van der Waals surface area contributed by atoms with E-state index in [4.69, 9.17) is 5.73 Å². The highest BCUT2D eigenvalue weighted by Crippen LogP contribution is 2.39. The SMILES string of the molecule is CC(C)(C)c1cccc(C2(N)CCC2)c1. The van der Waals surface area contributed by atoms with E-state index >= 15 is 0 Å². The second-order valence-electron chi connectivity index (χ2n) is 5.84. The molecule has 0 bridgehead atoms. The van der Waals surface area contributed by atoms with E-state index < -0.39 is 0 Å². The van der Waals surface area contributed by atoms with Gasteiger partial charge in [0.1, 0.15) is 0 Å². The van der Waals surface area contributed by atoms with Crippen LogP contribution in [0, 0.1) is 0 Å². The van der Waals surface area contributed by atoms with Crippen LogP contribution >= 0.6 is 0 Å². The number of benzene rings is 1. The zero-order chi connectivity index (χ0) is 11.1. The Morgan fingerprint density at radius 3 is 2.33 bits per heavy atom. The number of hydrogen-bond donors (Lipinski definition) is 1. The van der Waals surface area contributed by atoms with Crippen molar-refractivity contribution in [1.82, 2.24) is 0 Å². The average Bonchev–Trinajstić information content (AvgIpc) is 2.13. The molecule has 1 fully saturated rings. The minimum absolute atomic E-state index is 0.0265. The minimum atomic E-state index is -0.0265. The van der Waals surface area contributed by atoms with Gasteiger partial charge in [-0.3, -0.25) is 0 Å². The lowest BCUT2D eigenvalue weighted by Gasteiger charge is -2.39. The van der Waals surface area contributed by atoms with Crippen LogP contribution in [0.2, 0.25) is 0 Å². The predicted octanol–water partition coefficient (Wildman–Crippen LogP) is 3.32. The lowest BCUT2D eigenvalue weighted by atomic mass is 9.71. The molecular formula is C14H21N. The molecule has 0 spiro atoms. The molecule has 0 amide bonds. The Labute approximate surface area is 92.7 Å². The van der Waals surface area contributed by atoms with Crippen LogP contribution in [0.4, 0.5) is 0 Å². The van der Waals surface area contributed by atoms with Crippen molar-refractivity contribution in [2.45, 2.75) is 51.0 Å². The number of rotatable bonds is 1. The fourth-order valence-electron chi connectivity index (χ4n) is 2.14. The lowest BCUT2D eigenvalue weighted by molar-refractivity contribution is 0.253. The molecule has 82 valence electrons. The van der Waals surface area contributed by atoms with Crippen molar-refractivity contribution in [2.75, 3.05) is 0 Å².